The van der Waals surface area contributed by atoms with E-state index >= 15 is 0 Å². The molecule has 0 N–H and O–H groups in total. The van der Waals surface area contributed by atoms with Gasteiger partial charge in [0.1, 0.15) is 11.0 Å². The number of hydrogen-bond donors (Lipinski definition) is 0. The molecule has 0 radical (unpaired) electrons. The number of rotatable bonds is 3. The highest BCUT2D eigenvalue weighted by atomic mass is 79.9. The summed E-state index contributed by atoms with van der Waals surface area (Å²) in [5.41, 5.74) is 1.28. The standard InChI is InChI=1S/C12H12BrClN2.ClH/c1-16-11(14)8-15-12(16)10(13)7-9-5-3-2-4-6-9;/h2-6,8,10H,7H2,1H3;1H. The molecule has 0 aliphatic heterocycles. The van der Waals surface area contributed by atoms with Gasteiger partial charge in [0.25, 0.3) is 0 Å². The molecular weight excluding hydrogens is 323 g/mol. The number of halogens is 3. The molecule has 5 heteroatoms. The van der Waals surface area contributed by atoms with E-state index in [9.17, 15) is 0 Å². The molecule has 1 heterocycles. The minimum atomic E-state index is 0. The Hall–Kier alpha value is -0.510. The van der Waals surface area contributed by atoms with Crippen LogP contribution in [0.3, 0.4) is 0 Å². The maximum atomic E-state index is 5.96. The van der Waals surface area contributed by atoms with Crippen molar-refractivity contribution in [2.75, 3.05) is 0 Å². The van der Waals surface area contributed by atoms with E-state index in [1.54, 1.807) is 6.20 Å². The Morgan fingerprint density at radius 3 is 2.53 bits per heavy atom. The molecule has 2 aromatic rings. The third-order valence-corrected chi connectivity index (χ3v) is 3.59. The average molecular weight is 336 g/mol. The van der Waals surface area contributed by atoms with Crippen LogP contribution in [0.2, 0.25) is 5.15 Å². The van der Waals surface area contributed by atoms with Gasteiger partial charge in [0.2, 0.25) is 0 Å². The van der Waals surface area contributed by atoms with Crippen molar-refractivity contribution in [3.05, 3.63) is 53.1 Å². The Balaban J connectivity index is 0.00000144. The van der Waals surface area contributed by atoms with Gasteiger partial charge in [0, 0.05) is 7.05 Å². The first-order chi connectivity index (χ1) is 7.68. The van der Waals surface area contributed by atoms with E-state index in [0.29, 0.717) is 5.15 Å². The third kappa shape index (κ3) is 3.47. The van der Waals surface area contributed by atoms with Crippen molar-refractivity contribution in [1.29, 1.82) is 0 Å². The fraction of sp³-hybridized carbons (Fsp3) is 0.250. The van der Waals surface area contributed by atoms with E-state index in [1.165, 1.54) is 5.56 Å². The number of nitrogens with zero attached hydrogens (tertiary/aromatic N) is 2. The van der Waals surface area contributed by atoms with Crippen LogP contribution in [0.4, 0.5) is 0 Å². The van der Waals surface area contributed by atoms with Crippen LogP contribution in [-0.4, -0.2) is 9.55 Å². The van der Waals surface area contributed by atoms with Gasteiger partial charge in [-0.3, -0.25) is 0 Å². The first kappa shape index (κ1) is 14.6. The van der Waals surface area contributed by atoms with Crippen LogP contribution in [0.25, 0.3) is 0 Å². The second kappa shape index (κ2) is 6.43. The van der Waals surface area contributed by atoms with E-state index in [-0.39, 0.29) is 17.2 Å². The van der Waals surface area contributed by atoms with Crippen LogP contribution in [0.1, 0.15) is 16.2 Å². The fourth-order valence-corrected chi connectivity index (χ4v) is 2.54. The molecule has 0 fully saturated rings. The SMILES string of the molecule is Cl.Cn1c(Cl)cnc1C(Br)Cc1ccccc1. The normalized spacial score (nSPS) is 11.9. The van der Waals surface area contributed by atoms with Crippen molar-refractivity contribution in [2.45, 2.75) is 11.2 Å². The summed E-state index contributed by atoms with van der Waals surface area (Å²) >= 11 is 9.60. The highest BCUT2D eigenvalue weighted by Crippen LogP contribution is 2.27. The largest absolute Gasteiger partial charge is 0.321 e. The van der Waals surface area contributed by atoms with Gasteiger partial charge in [-0.2, -0.15) is 0 Å². The highest BCUT2D eigenvalue weighted by molar-refractivity contribution is 9.09. The smallest absolute Gasteiger partial charge is 0.128 e. The van der Waals surface area contributed by atoms with Crippen LogP contribution in [0, 0.1) is 0 Å². The minimum Gasteiger partial charge on any atom is -0.321 e. The summed E-state index contributed by atoms with van der Waals surface area (Å²) in [6.07, 6.45) is 2.58. The predicted octanol–water partition coefficient (Wildman–Crippen LogP) is 4.17. The van der Waals surface area contributed by atoms with Crippen molar-refractivity contribution in [2.24, 2.45) is 7.05 Å². The lowest BCUT2D eigenvalue weighted by Gasteiger charge is -2.10. The van der Waals surface area contributed by atoms with Crippen LogP contribution in [0.5, 0.6) is 0 Å². The van der Waals surface area contributed by atoms with Gasteiger partial charge >= 0.3 is 0 Å². The molecule has 0 saturated carbocycles. The van der Waals surface area contributed by atoms with Crippen molar-refractivity contribution in [3.8, 4) is 0 Å². The Morgan fingerprint density at radius 2 is 2.00 bits per heavy atom. The molecule has 0 saturated heterocycles. The van der Waals surface area contributed by atoms with Gasteiger partial charge in [-0.05, 0) is 12.0 Å². The zero-order chi connectivity index (χ0) is 11.5. The number of imidazole rings is 1. The summed E-state index contributed by atoms with van der Waals surface area (Å²) in [6, 6.07) is 10.3. The molecule has 0 aliphatic carbocycles. The topological polar surface area (TPSA) is 17.8 Å². The molecule has 1 aromatic carbocycles. The Morgan fingerprint density at radius 1 is 1.35 bits per heavy atom. The summed E-state index contributed by atoms with van der Waals surface area (Å²) in [6.45, 7) is 0. The van der Waals surface area contributed by atoms with E-state index in [4.69, 9.17) is 11.6 Å². The number of alkyl halides is 1. The number of aromatic nitrogens is 2. The fourth-order valence-electron chi connectivity index (χ4n) is 1.61. The molecule has 1 aromatic heterocycles. The average Bonchev–Trinajstić information content (AvgIpc) is 2.61. The van der Waals surface area contributed by atoms with Gasteiger partial charge in [-0.25, -0.2) is 4.98 Å². The quantitative estimate of drug-likeness (QED) is 0.769. The van der Waals surface area contributed by atoms with Gasteiger partial charge in [-0.1, -0.05) is 57.9 Å². The lowest BCUT2D eigenvalue weighted by atomic mass is 10.1. The molecule has 2 rings (SSSR count). The van der Waals surface area contributed by atoms with Crippen LogP contribution in [0.15, 0.2) is 36.5 Å². The number of benzene rings is 1. The maximum Gasteiger partial charge on any atom is 0.128 e. The van der Waals surface area contributed by atoms with Gasteiger partial charge in [-0.15, -0.1) is 12.4 Å². The van der Waals surface area contributed by atoms with Gasteiger partial charge < -0.3 is 4.57 Å². The molecular formula is C12H13BrCl2N2. The molecule has 17 heavy (non-hydrogen) atoms. The maximum absolute atomic E-state index is 5.96. The van der Waals surface area contributed by atoms with Crippen molar-refractivity contribution < 1.29 is 0 Å². The molecule has 1 atom stereocenters. The number of hydrogen-bond acceptors (Lipinski definition) is 1. The molecule has 0 amide bonds. The first-order valence-electron chi connectivity index (χ1n) is 5.03. The lowest BCUT2D eigenvalue weighted by molar-refractivity contribution is 0.766. The predicted molar refractivity (Wildman–Crippen MR) is 77.3 cm³/mol. The lowest BCUT2D eigenvalue weighted by Crippen LogP contribution is -2.03. The van der Waals surface area contributed by atoms with Gasteiger partial charge in [0.15, 0.2) is 0 Å². The summed E-state index contributed by atoms with van der Waals surface area (Å²) < 4.78 is 1.89. The van der Waals surface area contributed by atoms with Crippen molar-refractivity contribution in [3.63, 3.8) is 0 Å². The van der Waals surface area contributed by atoms with E-state index in [0.717, 1.165) is 12.2 Å². The van der Waals surface area contributed by atoms with Crippen molar-refractivity contribution >= 4 is 39.9 Å². The van der Waals surface area contributed by atoms with Crippen LogP contribution >= 0.6 is 39.9 Å². The summed E-state index contributed by atoms with van der Waals surface area (Å²) in [4.78, 5) is 4.48. The second-order valence-corrected chi connectivity index (χ2v) is 5.15. The molecule has 0 aliphatic rings. The summed E-state index contributed by atoms with van der Waals surface area (Å²) in [5.74, 6) is 0.953. The molecule has 0 spiro atoms. The minimum absolute atomic E-state index is 0. The summed E-state index contributed by atoms with van der Waals surface area (Å²) in [5, 5.41) is 0.660. The zero-order valence-corrected chi connectivity index (χ0v) is 12.5. The monoisotopic (exact) mass is 334 g/mol. The van der Waals surface area contributed by atoms with Crippen LogP contribution in [-0.2, 0) is 13.5 Å². The van der Waals surface area contributed by atoms with E-state index in [2.05, 4.69) is 33.0 Å². The molecule has 1 unspecified atom stereocenters. The van der Waals surface area contributed by atoms with Crippen molar-refractivity contribution in [1.82, 2.24) is 9.55 Å². The summed E-state index contributed by atoms with van der Waals surface area (Å²) in [7, 11) is 1.92. The van der Waals surface area contributed by atoms with Gasteiger partial charge in [0.05, 0.1) is 11.0 Å². The Kier molecular flexibility index (Phi) is 5.50. The second-order valence-electron chi connectivity index (χ2n) is 3.66. The van der Waals surface area contributed by atoms with E-state index < -0.39 is 0 Å². The molecule has 2 nitrogen and oxygen atoms in total. The molecule has 0 bridgehead atoms. The zero-order valence-electron chi connectivity index (χ0n) is 9.31. The molecule has 92 valence electrons. The van der Waals surface area contributed by atoms with Crippen LogP contribution < -0.4 is 0 Å². The third-order valence-electron chi connectivity index (χ3n) is 2.51. The Bertz CT molecular complexity index is 471. The Labute approximate surface area is 121 Å². The first-order valence-corrected chi connectivity index (χ1v) is 6.33. The van der Waals surface area contributed by atoms with E-state index in [1.807, 2.05) is 29.8 Å². The highest BCUT2D eigenvalue weighted by Gasteiger charge is 2.14.